The van der Waals surface area contributed by atoms with Crippen molar-refractivity contribution in [1.29, 1.82) is 0 Å². The summed E-state index contributed by atoms with van der Waals surface area (Å²) < 4.78 is 4.97. The van der Waals surface area contributed by atoms with E-state index in [9.17, 15) is 4.79 Å². The van der Waals surface area contributed by atoms with Crippen LogP contribution in [0.15, 0.2) is 0 Å². The lowest BCUT2D eigenvalue weighted by molar-refractivity contribution is -0.126. The summed E-state index contributed by atoms with van der Waals surface area (Å²) in [7, 11) is 1.64. The number of nitrogens with two attached hydrogens (primary N) is 1. The largest absolute Gasteiger partial charge is 0.383 e. The molecule has 0 spiro atoms. The smallest absolute Gasteiger partial charge is 0.223 e. The Morgan fingerprint density at radius 1 is 1.47 bits per heavy atom. The molecule has 1 aliphatic rings. The van der Waals surface area contributed by atoms with Crippen LogP contribution in [0.1, 0.15) is 32.6 Å². The van der Waals surface area contributed by atoms with Crippen molar-refractivity contribution in [3.8, 4) is 0 Å². The molecule has 1 rings (SSSR count). The maximum Gasteiger partial charge on any atom is 0.223 e. The Balaban J connectivity index is 2.27. The van der Waals surface area contributed by atoms with Crippen LogP contribution in [0.5, 0.6) is 0 Å². The molecule has 1 atom stereocenters. The number of amides is 1. The maximum atomic E-state index is 11.8. The molecule has 0 radical (unpaired) electrons. The fourth-order valence-electron chi connectivity index (χ4n) is 2.03. The highest BCUT2D eigenvalue weighted by Crippen LogP contribution is 2.23. The van der Waals surface area contributed by atoms with Crippen molar-refractivity contribution in [2.75, 3.05) is 13.7 Å². The van der Waals surface area contributed by atoms with Crippen LogP contribution in [-0.4, -0.2) is 31.7 Å². The van der Waals surface area contributed by atoms with Crippen LogP contribution in [0.25, 0.3) is 0 Å². The van der Waals surface area contributed by atoms with E-state index in [2.05, 4.69) is 5.32 Å². The van der Waals surface area contributed by atoms with Crippen molar-refractivity contribution >= 4 is 5.91 Å². The van der Waals surface area contributed by atoms with Gasteiger partial charge in [-0.25, -0.2) is 0 Å². The summed E-state index contributed by atoms with van der Waals surface area (Å²) in [6, 6.07) is 0.392. The lowest BCUT2D eigenvalue weighted by Crippen LogP contribution is -2.41. The monoisotopic (exact) mass is 214 g/mol. The lowest BCUT2D eigenvalue weighted by Gasteiger charge is -2.26. The average Bonchev–Trinajstić information content (AvgIpc) is 2.18. The first-order valence-corrected chi connectivity index (χ1v) is 5.68. The number of rotatable bonds is 4. The molecule has 15 heavy (non-hydrogen) atoms. The Kier molecular flexibility index (Phi) is 5.05. The van der Waals surface area contributed by atoms with Crippen LogP contribution in [-0.2, 0) is 9.53 Å². The number of carbonyl (C=O) groups is 1. The van der Waals surface area contributed by atoms with Gasteiger partial charge < -0.3 is 15.8 Å². The normalized spacial score (nSPS) is 28.5. The highest BCUT2D eigenvalue weighted by atomic mass is 16.5. The molecule has 0 aromatic carbocycles. The highest BCUT2D eigenvalue weighted by Gasteiger charge is 2.25. The molecule has 1 fully saturated rings. The van der Waals surface area contributed by atoms with Gasteiger partial charge in [0.2, 0.25) is 5.91 Å². The zero-order valence-corrected chi connectivity index (χ0v) is 9.66. The molecule has 0 aliphatic heterocycles. The van der Waals surface area contributed by atoms with Gasteiger partial charge in [-0.1, -0.05) is 0 Å². The molecule has 4 nitrogen and oxygen atoms in total. The molecule has 0 saturated heterocycles. The molecule has 1 unspecified atom stereocenters. The number of nitrogens with one attached hydrogen (secondary N) is 1. The molecule has 3 N–H and O–H groups in total. The summed E-state index contributed by atoms with van der Waals surface area (Å²) >= 11 is 0. The highest BCUT2D eigenvalue weighted by molar-refractivity contribution is 5.79. The summed E-state index contributed by atoms with van der Waals surface area (Å²) in [5.74, 6) is 0.315. The van der Waals surface area contributed by atoms with E-state index in [1.54, 1.807) is 7.11 Å². The molecule has 0 aromatic rings. The summed E-state index contributed by atoms with van der Waals surface area (Å²) in [6.07, 6.45) is 3.78. The second kappa shape index (κ2) is 6.08. The third-order valence-corrected chi connectivity index (χ3v) is 2.95. The summed E-state index contributed by atoms with van der Waals surface area (Å²) in [6.45, 7) is 2.52. The van der Waals surface area contributed by atoms with Crippen LogP contribution < -0.4 is 11.1 Å². The molecule has 1 saturated carbocycles. The number of carbonyl (C=O) groups excluding carboxylic acids is 1. The topological polar surface area (TPSA) is 64.3 Å². The molecule has 0 aromatic heterocycles. The molecule has 4 heteroatoms. The fourth-order valence-corrected chi connectivity index (χ4v) is 2.03. The van der Waals surface area contributed by atoms with E-state index in [0.717, 1.165) is 25.7 Å². The van der Waals surface area contributed by atoms with Gasteiger partial charge in [-0.05, 0) is 32.6 Å². The first kappa shape index (κ1) is 12.5. The van der Waals surface area contributed by atoms with Crippen molar-refractivity contribution in [3.63, 3.8) is 0 Å². The summed E-state index contributed by atoms with van der Waals surface area (Å²) in [4.78, 5) is 11.8. The van der Waals surface area contributed by atoms with Gasteiger partial charge in [0.25, 0.3) is 0 Å². The van der Waals surface area contributed by atoms with E-state index in [-0.39, 0.29) is 17.9 Å². The number of methoxy groups -OCH3 is 1. The van der Waals surface area contributed by atoms with Crippen molar-refractivity contribution < 1.29 is 9.53 Å². The number of hydrogen-bond acceptors (Lipinski definition) is 3. The van der Waals surface area contributed by atoms with Crippen molar-refractivity contribution in [3.05, 3.63) is 0 Å². The van der Waals surface area contributed by atoms with Gasteiger partial charge in [0, 0.05) is 25.1 Å². The Labute approximate surface area is 91.5 Å². The minimum Gasteiger partial charge on any atom is -0.383 e. The third kappa shape index (κ3) is 4.18. The van der Waals surface area contributed by atoms with E-state index in [1.165, 1.54) is 0 Å². The van der Waals surface area contributed by atoms with Crippen molar-refractivity contribution in [2.45, 2.75) is 44.7 Å². The van der Waals surface area contributed by atoms with Gasteiger partial charge in [-0.15, -0.1) is 0 Å². The molecule has 0 heterocycles. The third-order valence-electron chi connectivity index (χ3n) is 2.95. The Morgan fingerprint density at radius 2 is 2.07 bits per heavy atom. The van der Waals surface area contributed by atoms with Gasteiger partial charge in [0.05, 0.1) is 6.61 Å². The van der Waals surface area contributed by atoms with Crippen molar-refractivity contribution in [1.82, 2.24) is 5.32 Å². The van der Waals surface area contributed by atoms with Gasteiger partial charge in [-0.3, -0.25) is 4.79 Å². The van der Waals surface area contributed by atoms with E-state index >= 15 is 0 Å². The Bertz CT molecular complexity index is 201. The molecule has 1 aliphatic carbocycles. The van der Waals surface area contributed by atoms with E-state index in [1.807, 2.05) is 6.92 Å². The molecule has 1 amide bonds. The standard InChI is InChI=1S/C11H22N2O2/c1-8(7-15-2)13-11(14)9-3-5-10(12)6-4-9/h8-10H,3-7,12H2,1-2H3,(H,13,14). The van der Waals surface area contributed by atoms with E-state index in [4.69, 9.17) is 10.5 Å². The number of hydrogen-bond donors (Lipinski definition) is 2. The van der Waals surface area contributed by atoms with E-state index in [0.29, 0.717) is 12.6 Å². The minimum atomic E-state index is 0.0955. The molecular weight excluding hydrogens is 192 g/mol. The predicted molar refractivity (Wildman–Crippen MR) is 59.4 cm³/mol. The minimum absolute atomic E-state index is 0.0955. The molecule has 0 bridgehead atoms. The maximum absolute atomic E-state index is 11.8. The quantitative estimate of drug-likeness (QED) is 0.722. The van der Waals surface area contributed by atoms with Crippen LogP contribution in [0, 0.1) is 5.92 Å². The van der Waals surface area contributed by atoms with Gasteiger partial charge in [-0.2, -0.15) is 0 Å². The number of ether oxygens (including phenoxy) is 1. The summed E-state index contributed by atoms with van der Waals surface area (Å²) in [5.41, 5.74) is 5.79. The Hall–Kier alpha value is -0.610. The average molecular weight is 214 g/mol. The zero-order valence-electron chi connectivity index (χ0n) is 9.66. The van der Waals surface area contributed by atoms with Crippen LogP contribution in [0.3, 0.4) is 0 Å². The zero-order chi connectivity index (χ0) is 11.3. The lowest BCUT2D eigenvalue weighted by atomic mass is 9.86. The molecule has 88 valence electrons. The van der Waals surface area contributed by atoms with Gasteiger partial charge in [0.15, 0.2) is 0 Å². The second-order valence-corrected chi connectivity index (χ2v) is 4.48. The first-order chi connectivity index (χ1) is 7.13. The van der Waals surface area contributed by atoms with Crippen LogP contribution in [0.2, 0.25) is 0 Å². The second-order valence-electron chi connectivity index (χ2n) is 4.48. The SMILES string of the molecule is COCC(C)NC(=O)C1CCC(N)CC1. The van der Waals surface area contributed by atoms with Crippen LogP contribution in [0.4, 0.5) is 0 Å². The predicted octanol–water partition coefficient (Wildman–Crippen LogP) is 0.655. The molecular formula is C11H22N2O2. The van der Waals surface area contributed by atoms with Gasteiger partial charge >= 0.3 is 0 Å². The van der Waals surface area contributed by atoms with Crippen LogP contribution >= 0.6 is 0 Å². The summed E-state index contributed by atoms with van der Waals surface area (Å²) in [5, 5.41) is 2.96. The van der Waals surface area contributed by atoms with Gasteiger partial charge in [0.1, 0.15) is 0 Å². The van der Waals surface area contributed by atoms with Crippen molar-refractivity contribution in [2.24, 2.45) is 11.7 Å². The first-order valence-electron chi connectivity index (χ1n) is 5.68. The Morgan fingerprint density at radius 3 is 2.60 bits per heavy atom. The fraction of sp³-hybridized carbons (Fsp3) is 0.909. The van der Waals surface area contributed by atoms with E-state index < -0.39 is 0 Å².